The van der Waals surface area contributed by atoms with Gasteiger partial charge in [0.1, 0.15) is 0 Å². The fourth-order valence-electron chi connectivity index (χ4n) is 3.89. The molecule has 6 nitrogen and oxygen atoms in total. The Morgan fingerprint density at radius 3 is 2.68 bits per heavy atom. The standard InChI is InChI=1S/C17H20ClN3O3.ClH/c1-20-14-7-11(18)6-12(16(14)24-9-15(20)22)17(23)19-13-8-21-4-2-10(13)3-5-21;/h6-7,10,13H,2-5,8-9H2,1H3,(H,19,23);1H/t13-;/m0./s1. The Morgan fingerprint density at radius 2 is 2.04 bits per heavy atom. The van der Waals surface area contributed by atoms with Gasteiger partial charge in [0.2, 0.25) is 0 Å². The maximum absolute atomic E-state index is 12.8. The van der Waals surface area contributed by atoms with Crippen molar-refractivity contribution in [3.05, 3.63) is 22.7 Å². The molecule has 4 heterocycles. The van der Waals surface area contributed by atoms with E-state index in [1.165, 1.54) is 4.90 Å². The first-order valence-electron chi connectivity index (χ1n) is 8.29. The molecule has 0 radical (unpaired) electrons. The zero-order valence-corrected chi connectivity index (χ0v) is 15.5. The molecule has 5 rings (SSSR count). The molecule has 4 aliphatic heterocycles. The Bertz CT molecular complexity index is 705. The zero-order chi connectivity index (χ0) is 16.8. The van der Waals surface area contributed by atoms with E-state index in [9.17, 15) is 9.59 Å². The second kappa shape index (κ2) is 7.02. The highest BCUT2D eigenvalue weighted by atomic mass is 35.5. The average molecular weight is 386 g/mol. The molecule has 0 saturated carbocycles. The summed E-state index contributed by atoms with van der Waals surface area (Å²) in [6.45, 7) is 3.09. The third-order valence-electron chi connectivity index (χ3n) is 5.33. The van der Waals surface area contributed by atoms with Crippen LogP contribution in [0.1, 0.15) is 23.2 Å². The molecule has 25 heavy (non-hydrogen) atoms. The third kappa shape index (κ3) is 3.30. The molecule has 1 aromatic rings. The van der Waals surface area contributed by atoms with Gasteiger partial charge in [0.25, 0.3) is 11.8 Å². The molecule has 0 spiro atoms. The van der Waals surface area contributed by atoms with Crippen LogP contribution in [0.5, 0.6) is 5.75 Å². The minimum absolute atomic E-state index is 0. The van der Waals surface area contributed by atoms with Crippen molar-refractivity contribution in [2.24, 2.45) is 5.92 Å². The van der Waals surface area contributed by atoms with Gasteiger partial charge in [0.05, 0.1) is 11.3 Å². The van der Waals surface area contributed by atoms with Crippen LogP contribution in [0, 0.1) is 5.92 Å². The lowest BCUT2D eigenvalue weighted by atomic mass is 9.84. The number of carbonyl (C=O) groups is 2. The molecule has 2 amide bonds. The van der Waals surface area contributed by atoms with E-state index in [1.807, 2.05) is 0 Å². The number of hydrogen-bond acceptors (Lipinski definition) is 4. The molecule has 1 aromatic carbocycles. The number of ether oxygens (including phenoxy) is 1. The first-order valence-corrected chi connectivity index (χ1v) is 8.67. The van der Waals surface area contributed by atoms with E-state index in [2.05, 4.69) is 10.2 Å². The number of piperidine rings is 3. The fourth-order valence-corrected chi connectivity index (χ4v) is 4.10. The molecule has 4 aliphatic rings. The molecule has 136 valence electrons. The number of amides is 2. The van der Waals surface area contributed by atoms with Crippen LogP contribution in [-0.4, -0.2) is 56.0 Å². The Kier molecular flexibility index (Phi) is 5.14. The number of nitrogens with zero attached hydrogens (tertiary/aromatic N) is 2. The highest BCUT2D eigenvalue weighted by Crippen LogP contribution is 2.38. The lowest BCUT2D eigenvalue weighted by molar-refractivity contribution is -0.121. The number of anilines is 1. The van der Waals surface area contributed by atoms with Crippen molar-refractivity contribution in [2.75, 3.05) is 38.2 Å². The second-order valence-electron chi connectivity index (χ2n) is 6.76. The summed E-state index contributed by atoms with van der Waals surface area (Å²) in [5, 5.41) is 3.56. The number of hydrogen-bond donors (Lipinski definition) is 1. The SMILES string of the molecule is CN1C(=O)COc2c(C(=O)N[C@H]3CN4CCC3CC4)cc(Cl)cc21.Cl. The van der Waals surface area contributed by atoms with Gasteiger partial charge in [0, 0.05) is 24.7 Å². The summed E-state index contributed by atoms with van der Waals surface area (Å²) in [5.74, 6) is 0.628. The van der Waals surface area contributed by atoms with Gasteiger partial charge in [-0.3, -0.25) is 9.59 Å². The molecular weight excluding hydrogens is 365 g/mol. The number of nitrogens with one attached hydrogen (secondary N) is 1. The maximum Gasteiger partial charge on any atom is 0.264 e. The van der Waals surface area contributed by atoms with E-state index in [1.54, 1.807) is 19.2 Å². The number of benzene rings is 1. The first-order chi connectivity index (χ1) is 11.5. The summed E-state index contributed by atoms with van der Waals surface area (Å²) in [5.41, 5.74) is 0.936. The van der Waals surface area contributed by atoms with Crippen LogP contribution < -0.4 is 15.0 Å². The highest BCUT2D eigenvalue weighted by Gasteiger charge is 2.36. The summed E-state index contributed by atoms with van der Waals surface area (Å²) in [4.78, 5) is 28.5. The fraction of sp³-hybridized carbons (Fsp3) is 0.529. The van der Waals surface area contributed by atoms with Crippen LogP contribution in [-0.2, 0) is 4.79 Å². The molecule has 3 saturated heterocycles. The van der Waals surface area contributed by atoms with E-state index < -0.39 is 0 Å². The summed E-state index contributed by atoms with van der Waals surface area (Å²) in [6, 6.07) is 3.43. The van der Waals surface area contributed by atoms with Gasteiger partial charge >= 0.3 is 0 Å². The predicted octanol–water partition coefficient (Wildman–Crippen LogP) is 1.94. The molecule has 1 N–H and O–H groups in total. The van der Waals surface area contributed by atoms with E-state index in [0.717, 1.165) is 32.5 Å². The Morgan fingerprint density at radius 1 is 1.32 bits per heavy atom. The lowest BCUT2D eigenvalue weighted by Crippen LogP contribution is -2.57. The van der Waals surface area contributed by atoms with Crippen LogP contribution in [0.15, 0.2) is 12.1 Å². The van der Waals surface area contributed by atoms with E-state index in [0.29, 0.717) is 27.9 Å². The van der Waals surface area contributed by atoms with Crippen molar-refractivity contribution in [2.45, 2.75) is 18.9 Å². The monoisotopic (exact) mass is 385 g/mol. The number of likely N-dealkylation sites (N-methyl/N-ethyl adjacent to an activating group) is 1. The van der Waals surface area contributed by atoms with Crippen LogP contribution in [0.3, 0.4) is 0 Å². The average Bonchev–Trinajstić information content (AvgIpc) is 2.59. The van der Waals surface area contributed by atoms with Gasteiger partial charge in [-0.15, -0.1) is 12.4 Å². The van der Waals surface area contributed by atoms with Crippen molar-refractivity contribution in [3.8, 4) is 5.75 Å². The van der Waals surface area contributed by atoms with Gasteiger partial charge in [-0.05, 0) is 44.0 Å². The summed E-state index contributed by atoms with van der Waals surface area (Å²) in [7, 11) is 1.66. The van der Waals surface area contributed by atoms with Crippen molar-refractivity contribution in [1.29, 1.82) is 0 Å². The zero-order valence-electron chi connectivity index (χ0n) is 14.0. The van der Waals surface area contributed by atoms with E-state index in [4.69, 9.17) is 16.3 Å². The summed E-state index contributed by atoms with van der Waals surface area (Å²) < 4.78 is 5.54. The Labute approximate surface area is 157 Å². The molecule has 3 fully saturated rings. The maximum atomic E-state index is 12.8. The smallest absolute Gasteiger partial charge is 0.264 e. The minimum atomic E-state index is -0.185. The van der Waals surface area contributed by atoms with Crippen LogP contribution >= 0.6 is 24.0 Å². The van der Waals surface area contributed by atoms with Crippen LogP contribution in [0.25, 0.3) is 0 Å². The molecule has 8 heteroatoms. The normalized spacial score (nSPS) is 27.2. The number of rotatable bonds is 2. The predicted molar refractivity (Wildman–Crippen MR) is 98.0 cm³/mol. The molecule has 1 atom stereocenters. The molecular formula is C17H21Cl2N3O3. The number of carbonyl (C=O) groups excluding carboxylic acids is 2. The van der Waals surface area contributed by atoms with Gasteiger partial charge in [-0.25, -0.2) is 0 Å². The van der Waals surface area contributed by atoms with Gasteiger partial charge < -0.3 is 19.9 Å². The summed E-state index contributed by atoms with van der Waals surface area (Å²) >= 11 is 6.16. The van der Waals surface area contributed by atoms with Crippen molar-refractivity contribution in [3.63, 3.8) is 0 Å². The summed E-state index contributed by atoms with van der Waals surface area (Å²) in [6.07, 6.45) is 2.26. The largest absolute Gasteiger partial charge is 0.481 e. The van der Waals surface area contributed by atoms with Gasteiger partial charge in [-0.2, -0.15) is 0 Å². The van der Waals surface area contributed by atoms with Gasteiger partial charge in [0.15, 0.2) is 12.4 Å². The van der Waals surface area contributed by atoms with Crippen molar-refractivity contribution >= 4 is 41.5 Å². The number of fused-ring (bicyclic) bond motifs is 4. The van der Waals surface area contributed by atoms with E-state index >= 15 is 0 Å². The van der Waals surface area contributed by atoms with E-state index in [-0.39, 0.29) is 36.9 Å². The molecule has 0 aromatic heterocycles. The first kappa shape index (κ1) is 18.3. The van der Waals surface area contributed by atoms with Crippen molar-refractivity contribution in [1.82, 2.24) is 10.2 Å². The van der Waals surface area contributed by atoms with Crippen LogP contribution in [0.4, 0.5) is 5.69 Å². The topological polar surface area (TPSA) is 61.9 Å². The molecule has 2 bridgehead atoms. The van der Waals surface area contributed by atoms with Crippen molar-refractivity contribution < 1.29 is 14.3 Å². The van der Waals surface area contributed by atoms with Gasteiger partial charge in [-0.1, -0.05) is 11.6 Å². The Balaban J connectivity index is 0.00000182. The Hall–Kier alpha value is -1.50. The minimum Gasteiger partial charge on any atom is -0.481 e. The van der Waals surface area contributed by atoms with Crippen LogP contribution in [0.2, 0.25) is 5.02 Å². The molecule has 0 unspecified atom stereocenters. The third-order valence-corrected chi connectivity index (χ3v) is 5.55. The lowest BCUT2D eigenvalue weighted by Gasteiger charge is -2.45. The highest BCUT2D eigenvalue weighted by molar-refractivity contribution is 6.31. The molecule has 0 aliphatic carbocycles. The second-order valence-corrected chi connectivity index (χ2v) is 7.20. The number of halogens is 2. The quantitative estimate of drug-likeness (QED) is 0.844.